The van der Waals surface area contributed by atoms with Gasteiger partial charge in [0.1, 0.15) is 0 Å². The van der Waals surface area contributed by atoms with E-state index in [4.69, 9.17) is 4.74 Å². The molecule has 2 heterocycles. The van der Waals surface area contributed by atoms with E-state index in [-0.39, 0.29) is 23.4 Å². The first-order valence-electron chi connectivity index (χ1n) is 11.6. The number of methoxy groups -OCH3 is 1. The molecule has 0 atom stereocenters. The lowest BCUT2D eigenvalue weighted by Gasteiger charge is -2.27. The summed E-state index contributed by atoms with van der Waals surface area (Å²) in [6.45, 7) is 2.53. The van der Waals surface area contributed by atoms with Crippen LogP contribution in [0.5, 0.6) is 0 Å². The largest absolute Gasteiger partial charge is 0.469 e. The summed E-state index contributed by atoms with van der Waals surface area (Å²) in [4.78, 5) is 29.4. The first-order chi connectivity index (χ1) is 16.7. The minimum atomic E-state index is -4.57. The van der Waals surface area contributed by atoms with Crippen LogP contribution < -0.4 is 5.32 Å². The third kappa shape index (κ3) is 5.66. The van der Waals surface area contributed by atoms with Gasteiger partial charge >= 0.3 is 12.1 Å². The lowest BCUT2D eigenvalue weighted by molar-refractivity contribution is -0.146. The summed E-state index contributed by atoms with van der Waals surface area (Å²) in [6.07, 6.45) is -0.0585. The lowest BCUT2D eigenvalue weighted by atomic mass is 9.82. The Bertz CT molecular complexity index is 1230. The van der Waals surface area contributed by atoms with E-state index in [1.807, 2.05) is 25.1 Å². The highest BCUT2D eigenvalue weighted by Crippen LogP contribution is 2.34. The van der Waals surface area contributed by atoms with Gasteiger partial charge in [-0.15, -0.1) is 0 Å². The number of ether oxygens (including phenoxy) is 1. The average molecular weight is 488 g/mol. The maximum absolute atomic E-state index is 13.6. The second kappa shape index (κ2) is 10.1. The zero-order valence-corrected chi connectivity index (χ0v) is 19.7. The van der Waals surface area contributed by atoms with Gasteiger partial charge < -0.3 is 14.6 Å². The van der Waals surface area contributed by atoms with Crippen molar-refractivity contribution in [3.63, 3.8) is 0 Å². The second-order valence-electron chi connectivity index (χ2n) is 9.12. The van der Waals surface area contributed by atoms with Crippen LogP contribution >= 0.6 is 0 Å². The number of alkyl halides is 3. The minimum absolute atomic E-state index is 0.0178. The van der Waals surface area contributed by atoms with Gasteiger partial charge in [0, 0.05) is 23.8 Å². The molecule has 0 saturated heterocycles. The highest BCUT2D eigenvalue weighted by molar-refractivity contribution is 6.06. The number of halogens is 3. The number of aromatic nitrogens is 2. The first kappa shape index (κ1) is 24.8. The minimum Gasteiger partial charge on any atom is -0.469 e. The quantitative estimate of drug-likeness (QED) is 0.490. The Morgan fingerprint density at radius 3 is 2.54 bits per heavy atom. The molecular formula is C26H28F3N3O3. The number of carbonyl (C=O) groups excluding carboxylic acids is 2. The van der Waals surface area contributed by atoms with E-state index in [1.165, 1.54) is 7.11 Å². The maximum atomic E-state index is 13.6. The molecule has 0 aliphatic heterocycles. The number of pyridine rings is 1. The molecule has 6 nitrogen and oxygen atoms in total. The van der Waals surface area contributed by atoms with Crippen molar-refractivity contribution in [2.24, 2.45) is 11.8 Å². The fourth-order valence-corrected chi connectivity index (χ4v) is 4.78. The molecule has 1 fully saturated rings. The van der Waals surface area contributed by atoms with Gasteiger partial charge in [-0.3, -0.25) is 14.6 Å². The number of amides is 1. The molecule has 0 radical (unpaired) electrons. The molecule has 1 N–H and O–H groups in total. The summed E-state index contributed by atoms with van der Waals surface area (Å²) >= 11 is 0. The molecule has 1 aliphatic rings. The summed E-state index contributed by atoms with van der Waals surface area (Å²) in [5.41, 5.74) is 1.14. The molecule has 3 aromatic rings. The van der Waals surface area contributed by atoms with Crippen LogP contribution in [-0.4, -0.2) is 35.1 Å². The predicted octanol–water partition coefficient (Wildman–Crippen LogP) is 5.12. The van der Waals surface area contributed by atoms with Gasteiger partial charge in [0.25, 0.3) is 5.91 Å². The van der Waals surface area contributed by atoms with E-state index in [0.29, 0.717) is 36.8 Å². The van der Waals surface area contributed by atoms with Crippen molar-refractivity contribution >= 4 is 22.8 Å². The summed E-state index contributed by atoms with van der Waals surface area (Å²) in [7, 11) is 1.37. The third-order valence-electron chi connectivity index (χ3n) is 6.64. The van der Waals surface area contributed by atoms with Crippen LogP contribution in [0, 0.1) is 18.8 Å². The average Bonchev–Trinajstić information content (AvgIpc) is 3.24. The molecule has 1 aliphatic carbocycles. The second-order valence-corrected chi connectivity index (χ2v) is 9.12. The summed E-state index contributed by atoms with van der Waals surface area (Å²) in [6, 6.07) is 9.16. The number of hydrogen-bond acceptors (Lipinski definition) is 4. The van der Waals surface area contributed by atoms with Gasteiger partial charge in [-0.25, -0.2) is 0 Å². The molecule has 1 amide bonds. The Hall–Kier alpha value is -3.36. The van der Waals surface area contributed by atoms with E-state index < -0.39 is 17.6 Å². The Morgan fingerprint density at radius 1 is 1.14 bits per heavy atom. The number of fused-ring (bicyclic) bond motifs is 1. The number of rotatable bonds is 6. The molecule has 0 spiro atoms. The molecule has 0 unspecified atom stereocenters. The summed E-state index contributed by atoms with van der Waals surface area (Å²) in [5, 5.41) is 3.18. The van der Waals surface area contributed by atoms with Crippen LogP contribution in [-0.2, 0) is 22.3 Å². The molecule has 35 heavy (non-hydrogen) atoms. The van der Waals surface area contributed by atoms with Crippen LogP contribution in [0.25, 0.3) is 10.9 Å². The van der Waals surface area contributed by atoms with Crippen molar-refractivity contribution in [3.05, 3.63) is 65.1 Å². The number of carbonyl (C=O) groups is 2. The fourth-order valence-electron chi connectivity index (χ4n) is 4.78. The predicted molar refractivity (Wildman–Crippen MR) is 125 cm³/mol. The van der Waals surface area contributed by atoms with Gasteiger partial charge in [-0.2, -0.15) is 13.2 Å². The first-order valence-corrected chi connectivity index (χ1v) is 11.6. The van der Waals surface area contributed by atoms with E-state index >= 15 is 0 Å². The van der Waals surface area contributed by atoms with E-state index in [0.717, 1.165) is 36.4 Å². The van der Waals surface area contributed by atoms with Gasteiger partial charge in [0.15, 0.2) is 0 Å². The smallest absolute Gasteiger partial charge is 0.416 e. The normalized spacial score (nSPS) is 18.4. The maximum Gasteiger partial charge on any atom is 0.416 e. The van der Waals surface area contributed by atoms with Gasteiger partial charge in [0.2, 0.25) is 0 Å². The number of hydrogen-bond donors (Lipinski definition) is 1. The van der Waals surface area contributed by atoms with Crippen LogP contribution in [0.1, 0.15) is 53.0 Å². The highest BCUT2D eigenvalue weighted by Gasteiger charge is 2.33. The van der Waals surface area contributed by atoms with Gasteiger partial charge in [0.05, 0.1) is 41.9 Å². The zero-order chi connectivity index (χ0) is 25.2. The van der Waals surface area contributed by atoms with Crippen molar-refractivity contribution < 1.29 is 27.5 Å². The number of nitrogens with one attached hydrogen (secondary N) is 1. The van der Waals surface area contributed by atoms with Crippen molar-refractivity contribution in [3.8, 4) is 0 Å². The SMILES string of the molecule is COC(=O)C1CCC(CNC(=O)c2cc(C(F)(F)F)cc3ccn(Cc4cccc(C)n4)c23)CC1. The Labute approximate surface area is 201 Å². The molecule has 4 rings (SSSR count). The van der Waals surface area contributed by atoms with E-state index in [1.54, 1.807) is 16.8 Å². The van der Waals surface area contributed by atoms with Crippen LogP contribution in [0.4, 0.5) is 13.2 Å². The summed E-state index contributed by atoms with van der Waals surface area (Å²) < 4.78 is 47.3. The van der Waals surface area contributed by atoms with E-state index in [2.05, 4.69) is 10.3 Å². The van der Waals surface area contributed by atoms with Crippen molar-refractivity contribution in [2.45, 2.75) is 45.3 Å². The Balaban J connectivity index is 1.57. The molecule has 9 heteroatoms. The van der Waals surface area contributed by atoms with Crippen LogP contribution in [0.3, 0.4) is 0 Å². The molecule has 0 bridgehead atoms. The summed E-state index contributed by atoms with van der Waals surface area (Å²) in [5.74, 6) is -0.742. The molecule has 2 aromatic heterocycles. The molecule has 1 saturated carbocycles. The Morgan fingerprint density at radius 2 is 1.89 bits per heavy atom. The van der Waals surface area contributed by atoms with Crippen molar-refractivity contribution in [2.75, 3.05) is 13.7 Å². The van der Waals surface area contributed by atoms with Crippen molar-refractivity contribution in [1.82, 2.24) is 14.9 Å². The van der Waals surface area contributed by atoms with Crippen molar-refractivity contribution in [1.29, 1.82) is 0 Å². The standard InChI is InChI=1S/C26H28F3N3O3/c1-16-4-3-5-21(31-16)15-32-11-10-19-12-20(26(27,28)29)13-22(23(19)32)24(33)30-14-17-6-8-18(9-7-17)25(34)35-2/h3-5,10-13,17-18H,6-9,14-15H2,1-2H3,(H,30,33). The monoisotopic (exact) mass is 487 g/mol. The molecule has 1 aromatic carbocycles. The van der Waals surface area contributed by atoms with Crippen LogP contribution in [0.15, 0.2) is 42.6 Å². The van der Waals surface area contributed by atoms with Gasteiger partial charge in [-0.05, 0) is 68.9 Å². The number of nitrogens with zero attached hydrogens (tertiary/aromatic N) is 2. The molecular weight excluding hydrogens is 459 g/mol. The highest BCUT2D eigenvalue weighted by atomic mass is 19.4. The number of esters is 1. The molecule has 186 valence electrons. The topological polar surface area (TPSA) is 73.2 Å². The Kier molecular flexibility index (Phi) is 7.14. The number of benzene rings is 1. The number of aryl methyl sites for hydroxylation is 1. The zero-order valence-electron chi connectivity index (χ0n) is 19.7. The fraction of sp³-hybridized carbons (Fsp3) is 0.423. The van der Waals surface area contributed by atoms with Gasteiger partial charge in [-0.1, -0.05) is 6.07 Å². The lowest BCUT2D eigenvalue weighted by Crippen LogP contribution is -2.33. The van der Waals surface area contributed by atoms with E-state index in [9.17, 15) is 22.8 Å². The third-order valence-corrected chi connectivity index (χ3v) is 6.64. The van der Waals surface area contributed by atoms with Crippen LogP contribution in [0.2, 0.25) is 0 Å².